The zero-order chi connectivity index (χ0) is 13.0. The number of rotatable bonds is 3. The highest BCUT2D eigenvalue weighted by molar-refractivity contribution is 6.04. The number of carbonyl (C=O) groups is 1. The summed E-state index contributed by atoms with van der Waals surface area (Å²) in [6, 6.07) is 13.1. The van der Waals surface area contributed by atoms with Crippen molar-refractivity contribution in [2.45, 2.75) is 13.3 Å². The van der Waals surface area contributed by atoms with Crippen LogP contribution in [0.15, 0.2) is 48.5 Å². The number of carbonyl (C=O) groups excluding carboxylic acids is 1. The number of hydrogen-bond acceptors (Lipinski definition) is 1. The predicted molar refractivity (Wildman–Crippen MR) is 70.2 cm³/mol. The summed E-state index contributed by atoms with van der Waals surface area (Å²) < 4.78 is 12.7. The first-order valence-electron chi connectivity index (χ1n) is 5.85. The van der Waals surface area contributed by atoms with Crippen LogP contribution in [0.4, 0.5) is 10.1 Å². The van der Waals surface area contributed by atoms with Crippen LogP contribution in [-0.2, 0) is 6.42 Å². The van der Waals surface area contributed by atoms with Crippen LogP contribution in [0.5, 0.6) is 0 Å². The molecule has 0 heterocycles. The van der Waals surface area contributed by atoms with Gasteiger partial charge in [-0.25, -0.2) is 4.39 Å². The van der Waals surface area contributed by atoms with E-state index in [0.717, 1.165) is 6.42 Å². The predicted octanol–water partition coefficient (Wildman–Crippen LogP) is 3.64. The minimum Gasteiger partial charge on any atom is -0.322 e. The molecular weight excluding hydrogens is 229 g/mol. The van der Waals surface area contributed by atoms with Gasteiger partial charge >= 0.3 is 0 Å². The van der Waals surface area contributed by atoms with Gasteiger partial charge in [-0.2, -0.15) is 0 Å². The van der Waals surface area contributed by atoms with Gasteiger partial charge in [0.15, 0.2) is 0 Å². The Labute approximate surface area is 105 Å². The molecule has 2 aromatic carbocycles. The molecule has 0 aliphatic rings. The van der Waals surface area contributed by atoms with Gasteiger partial charge in [0.1, 0.15) is 5.82 Å². The van der Waals surface area contributed by atoms with Gasteiger partial charge in [0.2, 0.25) is 0 Å². The van der Waals surface area contributed by atoms with Crippen molar-refractivity contribution in [1.82, 2.24) is 0 Å². The Kier molecular flexibility index (Phi) is 3.72. The molecule has 0 saturated carbocycles. The molecule has 0 aliphatic carbocycles. The Morgan fingerprint density at radius 1 is 1.06 bits per heavy atom. The summed E-state index contributed by atoms with van der Waals surface area (Å²) in [6.07, 6.45) is 0.944. The average molecular weight is 243 g/mol. The Morgan fingerprint density at radius 3 is 2.22 bits per heavy atom. The first-order valence-corrected chi connectivity index (χ1v) is 5.85. The molecule has 0 bridgehead atoms. The summed E-state index contributed by atoms with van der Waals surface area (Å²) in [5.41, 5.74) is 2.37. The minimum absolute atomic E-state index is 0.190. The van der Waals surface area contributed by atoms with Gasteiger partial charge in [-0.3, -0.25) is 4.79 Å². The van der Waals surface area contributed by atoms with Gasteiger partial charge in [-0.1, -0.05) is 19.1 Å². The zero-order valence-corrected chi connectivity index (χ0v) is 10.1. The van der Waals surface area contributed by atoms with E-state index in [0.29, 0.717) is 11.3 Å². The lowest BCUT2D eigenvalue weighted by atomic mass is 10.1. The highest BCUT2D eigenvalue weighted by atomic mass is 19.1. The molecule has 92 valence electrons. The lowest BCUT2D eigenvalue weighted by Gasteiger charge is -2.05. The number of hydrogen-bond donors (Lipinski definition) is 1. The highest BCUT2D eigenvalue weighted by Gasteiger charge is 2.05. The van der Waals surface area contributed by atoms with Gasteiger partial charge in [0, 0.05) is 11.3 Å². The maximum absolute atomic E-state index is 12.7. The third-order valence-electron chi connectivity index (χ3n) is 2.73. The highest BCUT2D eigenvalue weighted by Crippen LogP contribution is 2.11. The number of halogens is 1. The Bertz CT molecular complexity index is 531. The largest absolute Gasteiger partial charge is 0.322 e. The van der Waals surface area contributed by atoms with E-state index in [4.69, 9.17) is 0 Å². The summed E-state index contributed by atoms with van der Waals surface area (Å²) in [6.45, 7) is 2.06. The molecule has 0 radical (unpaired) electrons. The Morgan fingerprint density at radius 2 is 1.67 bits per heavy atom. The molecule has 0 aliphatic heterocycles. The van der Waals surface area contributed by atoms with Crippen LogP contribution in [0.1, 0.15) is 22.8 Å². The second-order valence-corrected chi connectivity index (χ2v) is 4.01. The van der Waals surface area contributed by atoms with E-state index in [1.54, 1.807) is 12.1 Å². The van der Waals surface area contributed by atoms with Crippen LogP contribution < -0.4 is 5.32 Å². The molecule has 0 atom stereocenters. The molecule has 2 rings (SSSR count). The maximum Gasteiger partial charge on any atom is 0.255 e. The molecular formula is C15H14FNO. The second-order valence-electron chi connectivity index (χ2n) is 4.01. The van der Waals surface area contributed by atoms with Crippen molar-refractivity contribution in [1.29, 1.82) is 0 Å². The lowest BCUT2D eigenvalue weighted by molar-refractivity contribution is 0.102. The topological polar surface area (TPSA) is 29.1 Å². The molecule has 2 aromatic rings. The van der Waals surface area contributed by atoms with Crippen molar-refractivity contribution >= 4 is 11.6 Å². The first kappa shape index (κ1) is 12.3. The normalized spacial score (nSPS) is 10.1. The summed E-state index contributed by atoms with van der Waals surface area (Å²) in [5, 5.41) is 2.72. The summed E-state index contributed by atoms with van der Waals surface area (Å²) >= 11 is 0. The van der Waals surface area contributed by atoms with Crippen LogP contribution >= 0.6 is 0 Å². The van der Waals surface area contributed by atoms with Crippen molar-refractivity contribution in [3.63, 3.8) is 0 Å². The fraction of sp³-hybridized carbons (Fsp3) is 0.133. The molecule has 2 nitrogen and oxygen atoms in total. The maximum atomic E-state index is 12.7. The molecule has 3 heteroatoms. The van der Waals surface area contributed by atoms with Gasteiger partial charge in [0.25, 0.3) is 5.91 Å². The molecule has 0 spiro atoms. The van der Waals surface area contributed by atoms with E-state index in [9.17, 15) is 9.18 Å². The fourth-order valence-corrected chi connectivity index (χ4v) is 1.63. The van der Waals surface area contributed by atoms with Crippen molar-refractivity contribution in [3.05, 3.63) is 65.5 Å². The van der Waals surface area contributed by atoms with Gasteiger partial charge in [0.05, 0.1) is 0 Å². The van der Waals surface area contributed by atoms with Crippen molar-refractivity contribution < 1.29 is 9.18 Å². The van der Waals surface area contributed by atoms with Crippen LogP contribution in [0.2, 0.25) is 0 Å². The number of benzene rings is 2. The van der Waals surface area contributed by atoms with Gasteiger partial charge in [-0.15, -0.1) is 0 Å². The lowest BCUT2D eigenvalue weighted by Crippen LogP contribution is -2.11. The molecule has 1 N–H and O–H groups in total. The van der Waals surface area contributed by atoms with E-state index < -0.39 is 0 Å². The third kappa shape index (κ3) is 2.94. The number of anilines is 1. The van der Waals surface area contributed by atoms with Crippen LogP contribution in [0.25, 0.3) is 0 Å². The number of aryl methyl sites for hydroxylation is 1. The van der Waals surface area contributed by atoms with E-state index >= 15 is 0 Å². The second kappa shape index (κ2) is 5.45. The molecule has 0 aromatic heterocycles. The Hall–Kier alpha value is -2.16. The van der Waals surface area contributed by atoms with Gasteiger partial charge in [-0.05, 0) is 48.4 Å². The zero-order valence-electron chi connectivity index (χ0n) is 10.1. The SMILES string of the molecule is CCc1ccc(C(=O)Nc2ccc(F)cc2)cc1. The van der Waals surface area contributed by atoms with Crippen LogP contribution in [0, 0.1) is 5.82 Å². The van der Waals surface area contributed by atoms with Crippen molar-refractivity contribution in [2.75, 3.05) is 5.32 Å². The summed E-state index contributed by atoms with van der Waals surface area (Å²) in [4.78, 5) is 11.9. The number of amides is 1. The summed E-state index contributed by atoms with van der Waals surface area (Å²) in [7, 11) is 0. The average Bonchev–Trinajstić information content (AvgIpc) is 2.41. The Balaban J connectivity index is 2.09. The fourth-order valence-electron chi connectivity index (χ4n) is 1.63. The summed E-state index contributed by atoms with van der Waals surface area (Å²) in [5.74, 6) is -0.510. The van der Waals surface area contributed by atoms with Crippen molar-refractivity contribution in [2.24, 2.45) is 0 Å². The minimum atomic E-state index is -0.319. The molecule has 0 saturated heterocycles. The standard InChI is InChI=1S/C15H14FNO/c1-2-11-3-5-12(6-4-11)15(18)17-14-9-7-13(16)8-10-14/h3-10H,2H2,1H3,(H,17,18). The van der Waals surface area contributed by atoms with E-state index in [1.807, 2.05) is 12.1 Å². The molecule has 0 fully saturated rings. The molecule has 18 heavy (non-hydrogen) atoms. The molecule has 0 unspecified atom stereocenters. The number of nitrogens with one attached hydrogen (secondary N) is 1. The first-order chi connectivity index (χ1) is 8.69. The monoisotopic (exact) mass is 243 g/mol. The van der Waals surface area contributed by atoms with Crippen LogP contribution in [0.3, 0.4) is 0 Å². The van der Waals surface area contributed by atoms with E-state index in [-0.39, 0.29) is 11.7 Å². The van der Waals surface area contributed by atoms with E-state index in [1.165, 1.54) is 29.8 Å². The van der Waals surface area contributed by atoms with E-state index in [2.05, 4.69) is 12.2 Å². The van der Waals surface area contributed by atoms with Crippen LogP contribution in [-0.4, -0.2) is 5.91 Å². The van der Waals surface area contributed by atoms with Gasteiger partial charge < -0.3 is 5.32 Å². The molecule has 1 amide bonds. The third-order valence-corrected chi connectivity index (χ3v) is 2.73. The quantitative estimate of drug-likeness (QED) is 0.876. The van der Waals surface area contributed by atoms with Crippen molar-refractivity contribution in [3.8, 4) is 0 Å². The smallest absolute Gasteiger partial charge is 0.255 e.